The summed E-state index contributed by atoms with van der Waals surface area (Å²) in [5, 5.41) is 7.70. The van der Waals surface area contributed by atoms with Gasteiger partial charge in [0.1, 0.15) is 17.1 Å². The summed E-state index contributed by atoms with van der Waals surface area (Å²) in [5.41, 5.74) is 0.959. The number of sulfonamides is 1. The number of rotatable bonds is 6. The van der Waals surface area contributed by atoms with Crippen molar-refractivity contribution in [2.75, 3.05) is 6.61 Å². The summed E-state index contributed by atoms with van der Waals surface area (Å²) in [4.78, 5) is 23.9. The van der Waals surface area contributed by atoms with Crippen molar-refractivity contribution in [2.45, 2.75) is 31.7 Å². The van der Waals surface area contributed by atoms with E-state index >= 15 is 0 Å². The first kappa shape index (κ1) is 19.7. The van der Waals surface area contributed by atoms with E-state index in [2.05, 4.69) is 5.32 Å². The zero-order valence-electron chi connectivity index (χ0n) is 14.6. The first-order valence-electron chi connectivity index (χ1n) is 7.74. The number of benzene rings is 1. The largest absolute Gasteiger partial charge is 0.466 e. The molecule has 0 unspecified atom stereocenters. The SMILES string of the molecule is Cc1cc(C(=O)OCC(=O)N[C@@H](C)c2ccc(S(N)(=O)=O)cc2)c(C)o1. The molecule has 0 fully saturated rings. The number of hydrogen-bond donors (Lipinski definition) is 2. The molecule has 2 aromatic rings. The Hall–Kier alpha value is -2.65. The topological polar surface area (TPSA) is 129 Å². The Morgan fingerprint density at radius 3 is 2.35 bits per heavy atom. The van der Waals surface area contributed by atoms with E-state index in [-0.39, 0.29) is 10.5 Å². The van der Waals surface area contributed by atoms with Gasteiger partial charge in [0.05, 0.1) is 10.9 Å². The van der Waals surface area contributed by atoms with Crippen LogP contribution in [0.15, 0.2) is 39.6 Å². The standard InChI is InChI=1S/C17H20N2O6S/c1-10-8-15(12(3)25-10)17(21)24-9-16(20)19-11(2)13-4-6-14(7-5-13)26(18,22)23/h4-8,11H,9H2,1-3H3,(H,19,20)(H2,18,22,23)/t11-/m0/s1. The van der Waals surface area contributed by atoms with E-state index in [0.717, 1.165) is 0 Å². The lowest BCUT2D eigenvalue weighted by Gasteiger charge is -2.14. The van der Waals surface area contributed by atoms with Gasteiger partial charge in [0.2, 0.25) is 10.0 Å². The smallest absolute Gasteiger partial charge is 0.342 e. The molecule has 0 bridgehead atoms. The first-order valence-corrected chi connectivity index (χ1v) is 9.29. The van der Waals surface area contributed by atoms with Crippen LogP contribution in [0.1, 0.15) is 40.4 Å². The molecule has 0 spiro atoms. The van der Waals surface area contributed by atoms with Crippen molar-refractivity contribution >= 4 is 21.9 Å². The van der Waals surface area contributed by atoms with E-state index in [9.17, 15) is 18.0 Å². The summed E-state index contributed by atoms with van der Waals surface area (Å²) in [7, 11) is -3.77. The van der Waals surface area contributed by atoms with Crippen molar-refractivity contribution < 1.29 is 27.2 Å². The molecular formula is C17H20N2O6S. The third-order valence-corrected chi connectivity index (χ3v) is 4.61. The first-order chi connectivity index (χ1) is 12.1. The van der Waals surface area contributed by atoms with Crippen LogP contribution in [0, 0.1) is 13.8 Å². The van der Waals surface area contributed by atoms with Crippen molar-refractivity contribution in [3.8, 4) is 0 Å². The number of hydrogen-bond acceptors (Lipinski definition) is 6. The van der Waals surface area contributed by atoms with Gasteiger partial charge in [-0.2, -0.15) is 0 Å². The van der Waals surface area contributed by atoms with Gasteiger partial charge in [-0.15, -0.1) is 0 Å². The van der Waals surface area contributed by atoms with Gasteiger partial charge < -0.3 is 14.5 Å². The fourth-order valence-corrected chi connectivity index (χ4v) is 2.87. The van der Waals surface area contributed by atoms with Gasteiger partial charge in [0, 0.05) is 0 Å². The molecule has 2 rings (SSSR count). The average molecular weight is 380 g/mol. The van der Waals surface area contributed by atoms with E-state index in [1.165, 1.54) is 12.1 Å². The van der Waals surface area contributed by atoms with Crippen LogP contribution in [0.2, 0.25) is 0 Å². The van der Waals surface area contributed by atoms with Crippen LogP contribution in [-0.4, -0.2) is 26.9 Å². The van der Waals surface area contributed by atoms with Gasteiger partial charge in [-0.1, -0.05) is 12.1 Å². The van der Waals surface area contributed by atoms with Gasteiger partial charge in [0.25, 0.3) is 5.91 Å². The summed E-state index contributed by atoms with van der Waals surface area (Å²) < 4.78 is 32.7. The summed E-state index contributed by atoms with van der Waals surface area (Å²) in [6, 6.07) is 6.96. The zero-order chi connectivity index (χ0) is 19.5. The second-order valence-electron chi connectivity index (χ2n) is 5.81. The number of ether oxygens (including phenoxy) is 1. The Kier molecular flexibility index (Phi) is 5.83. The second kappa shape index (κ2) is 7.71. The number of carbonyl (C=O) groups is 2. The zero-order valence-corrected chi connectivity index (χ0v) is 15.4. The van der Waals surface area contributed by atoms with Crippen LogP contribution in [0.4, 0.5) is 0 Å². The van der Waals surface area contributed by atoms with Gasteiger partial charge >= 0.3 is 5.97 Å². The molecule has 0 saturated carbocycles. The minimum Gasteiger partial charge on any atom is -0.466 e. The molecule has 8 nitrogen and oxygen atoms in total. The molecular weight excluding hydrogens is 360 g/mol. The Balaban J connectivity index is 1.91. The highest BCUT2D eigenvalue weighted by Gasteiger charge is 2.17. The van der Waals surface area contributed by atoms with Crippen LogP contribution in [0.3, 0.4) is 0 Å². The van der Waals surface area contributed by atoms with E-state index in [4.69, 9.17) is 14.3 Å². The highest BCUT2D eigenvalue weighted by molar-refractivity contribution is 7.89. The fourth-order valence-electron chi connectivity index (χ4n) is 2.35. The molecule has 1 aromatic carbocycles. The maximum absolute atomic E-state index is 12.0. The summed E-state index contributed by atoms with van der Waals surface area (Å²) in [6.07, 6.45) is 0. The highest BCUT2D eigenvalue weighted by Crippen LogP contribution is 2.16. The predicted octanol–water partition coefficient (Wildman–Crippen LogP) is 1.58. The number of furan rings is 1. The minimum absolute atomic E-state index is 0.0144. The maximum Gasteiger partial charge on any atom is 0.342 e. The van der Waals surface area contributed by atoms with Gasteiger partial charge in [0.15, 0.2) is 6.61 Å². The normalized spacial score (nSPS) is 12.5. The number of esters is 1. The Morgan fingerprint density at radius 2 is 1.85 bits per heavy atom. The van der Waals surface area contributed by atoms with Crippen molar-refractivity contribution in [2.24, 2.45) is 5.14 Å². The summed E-state index contributed by atoms with van der Waals surface area (Å²) in [5.74, 6) is -0.120. The molecule has 1 heterocycles. The number of aryl methyl sites for hydroxylation is 2. The lowest BCUT2D eigenvalue weighted by Crippen LogP contribution is -2.31. The summed E-state index contributed by atoms with van der Waals surface area (Å²) >= 11 is 0. The minimum atomic E-state index is -3.77. The number of primary sulfonamides is 1. The number of nitrogens with one attached hydrogen (secondary N) is 1. The van der Waals surface area contributed by atoms with Crippen LogP contribution in [0.5, 0.6) is 0 Å². The quantitative estimate of drug-likeness (QED) is 0.732. The van der Waals surface area contributed by atoms with Crippen LogP contribution in [0.25, 0.3) is 0 Å². The van der Waals surface area contributed by atoms with Crippen molar-refractivity contribution in [1.29, 1.82) is 0 Å². The monoisotopic (exact) mass is 380 g/mol. The Morgan fingerprint density at radius 1 is 1.23 bits per heavy atom. The number of nitrogens with two attached hydrogens (primary N) is 1. The predicted molar refractivity (Wildman–Crippen MR) is 92.8 cm³/mol. The fraction of sp³-hybridized carbons (Fsp3) is 0.294. The molecule has 1 atom stereocenters. The molecule has 3 N–H and O–H groups in total. The molecule has 140 valence electrons. The van der Waals surface area contributed by atoms with Crippen LogP contribution < -0.4 is 10.5 Å². The number of amides is 1. The van der Waals surface area contributed by atoms with Gasteiger partial charge in [-0.25, -0.2) is 18.4 Å². The van der Waals surface area contributed by atoms with E-state index in [1.54, 1.807) is 39.0 Å². The summed E-state index contributed by atoms with van der Waals surface area (Å²) in [6.45, 7) is 4.62. The van der Waals surface area contributed by atoms with Crippen molar-refractivity contribution in [3.63, 3.8) is 0 Å². The molecule has 1 aromatic heterocycles. The van der Waals surface area contributed by atoms with E-state index in [1.807, 2.05) is 0 Å². The molecule has 0 saturated heterocycles. The Bertz CT molecular complexity index is 915. The van der Waals surface area contributed by atoms with Crippen LogP contribution >= 0.6 is 0 Å². The second-order valence-corrected chi connectivity index (χ2v) is 7.37. The molecule has 0 aliphatic heterocycles. The van der Waals surface area contributed by atoms with Gasteiger partial charge in [-0.3, -0.25) is 4.79 Å². The average Bonchev–Trinajstić information content (AvgIpc) is 2.90. The lowest BCUT2D eigenvalue weighted by molar-refractivity contribution is -0.124. The maximum atomic E-state index is 12.0. The van der Waals surface area contributed by atoms with Crippen molar-refractivity contribution in [1.82, 2.24) is 5.32 Å². The lowest BCUT2D eigenvalue weighted by atomic mass is 10.1. The highest BCUT2D eigenvalue weighted by atomic mass is 32.2. The molecule has 1 amide bonds. The molecule has 0 radical (unpaired) electrons. The molecule has 0 aliphatic carbocycles. The van der Waals surface area contributed by atoms with Crippen molar-refractivity contribution in [3.05, 3.63) is 53.0 Å². The van der Waals surface area contributed by atoms with Gasteiger partial charge in [-0.05, 0) is 44.5 Å². The number of carbonyl (C=O) groups excluding carboxylic acids is 2. The van der Waals surface area contributed by atoms with E-state index in [0.29, 0.717) is 17.1 Å². The third-order valence-electron chi connectivity index (χ3n) is 3.68. The molecule has 9 heteroatoms. The molecule has 0 aliphatic rings. The van der Waals surface area contributed by atoms with E-state index < -0.39 is 34.5 Å². The third kappa shape index (κ3) is 4.93. The van der Waals surface area contributed by atoms with Crippen LogP contribution in [-0.2, 0) is 19.6 Å². The Labute approximate surface area is 151 Å². The molecule has 26 heavy (non-hydrogen) atoms.